The van der Waals surface area contributed by atoms with Gasteiger partial charge in [-0.05, 0) is 47.9 Å². The van der Waals surface area contributed by atoms with Gasteiger partial charge in [0.1, 0.15) is 6.61 Å². The van der Waals surface area contributed by atoms with Crippen molar-refractivity contribution in [2.24, 2.45) is 0 Å². The third-order valence-electron chi connectivity index (χ3n) is 6.95. The molecular weight excluding hydrogens is 405 g/mol. The van der Waals surface area contributed by atoms with Crippen molar-refractivity contribution in [2.45, 2.75) is 50.1 Å². The van der Waals surface area contributed by atoms with Crippen molar-refractivity contribution < 1.29 is 18.7 Å². The van der Waals surface area contributed by atoms with Gasteiger partial charge < -0.3 is 9.47 Å². The van der Waals surface area contributed by atoms with Crippen LogP contribution in [0, 0.1) is 0 Å². The van der Waals surface area contributed by atoms with Crippen LogP contribution in [0.5, 0.6) is 0 Å². The van der Waals surface area contributed by atoms with Crippen LogP contribution in [-0.4, -0.2) is 49.6 Å². The van der Waals surface area contributed by atoms with Gasteiger partial charge in [-0.15, -0.1) is 0 Å². The Kier molecular flexibility index (Phi) is 6.26. The van der Waals surface area contributed by atoms with Crippen LogP contribution >= 0.6 is 0 Å². The molecule has 0 saturated carbocycles. The maximum atomic E-state index is 13.2. The predicted octanol–water partition coefficient (Wildman–Crippen LogP) is 5.86. The molecule has 32 heavy (non-hydrogen) atoms. The number of nitrogens with zero attached hydrogens (tertiary/aromatic N) is 1. The number of rotatable bonds is 7. The maximum absolute atomic E-state index is 13.2. The van der Waals surface area contributed by atoms with E-state index in [0.717, 1.165) is 25.7 Å². The van der Waals surface area contributed by atoms with E-state index >= 15 is 0 Å². The zero-order chi connectivity index (χ0) is 21.9. The molecule has 0 N–H and O–H groups in total. The number of amides is 1. The summed E-state index contributed by atoms with van der Waals surface area (Å²) in [6, 6.07) is 16.7. The van der Waals surface area contributed by atoms with Crippen LogP contribution in [0.1, 0.15) is 49.1 Å². The van der Waals surface area contributed by atoms with Crippen molar-refractivity contribution in [3.05, 3.63) is 71.3 Å². The molecule has 2 aliphatic heterocycles. The molecule has 2 atom stereocenters. The summed E-state index contributed by atoms with van der Waals surface area (Å²) in [5, 5.41) is 0. The second kappa shape index (κ2) is 9.45. The molecule has 168 valence electrons. The summed E-state index contributed by atoms with van der Waals surface area (Å²) >= 11 is 0. The molecule has 0 radical (unpaired) electrons. The van der Waals surface area contributed by atoms with Crippen LogP contribution in [0.25, 0.3) is 11.1 Å². The van der Waals surface area contributed by atoms with Crippen LogP contribution in [0.15, 0.2) is 60.2 Å². The van der Waals surface area contributed by atoms with Gasteiger partial charge in [-0.2, -0.15) is 0 Å². The summed E-state index contributed by atoms with van der Waals surface area (Å²) in [4.78, 5) is 15.1. The first kappa shape index (κ1) is 21.2. The Hall–Kier alpha value is -2.66. The lowest BCUT2D eigenvalue weighted by Crippen LogP contribution is -2.56. The van der Waals surface area contributed by atoms with E-state index in [2.05, 4.69) is 42.5 Å². The third-order valence-corrected chi connectivity index (χ3v) is 6.95. The fourth-order valence-electron chi connectivity index (χ4n) is 5.45. The van der Waals surface area contributed by atoms with Crippen molar-refractivity contribution in [3.8, 4) is 11.1 Å². The van der Waals surface area contributed by atoms with Crippen molar-refractivity contribution >= 4 is 6.09 Å². The zero-order valence-electron chi connectivity index (χ0n) is 18.3. The molecule has 3 aliphatic rings. The molecule has 1 saturated heterocycles. The lowest BCUT2D eigenvalue weighted by Gasteiger charge is -2.44. The fraction of sp³-hybridized carbons (Fsp3) is 0.444. The van der Waals surface area contributed by atoms with E-state index < -0.39 is 0 Å². The summed E-state index contributed by atoms with van der Waals surface area (Å²) in [6.45, 7) is 1.15. The molecule has 4 nitrogen and oxygen atoms in total. The highest BCUT2D eigenvalue weighted by molar-refractivity contribution is 5.79. The van der Waals surface area contributed by atoms with E-state index in [0.29, 0.717) is 26.2 Å². The molecule has 1 aliphatic carbocycles. The highest BCUT2D eigenvalue weighted by Crippen LogP contribution is 2.44. The van der Waals surface area contributed by atoms with Crippen LogP contribution in [0.3, 0.4) is 0 Å². The smallest absolute Gasteiger partial charge is 0.410 e. The van der Waals surface area contributed by atoms with Gasteiger partial charge in [0.2, 0.25) is 0 Å². The summed E-state index contributed by atoms with van der Waals surface area (Å²) in [5.74, 6) is 0.0637. The Balaban J connectivity index is 1.26. The lowest BCUT2D eigenvalue weighted by molar-refractivity contribution is -0.0365. The van der Waals surface area contributed by atoms with Gasteiger partial charge in [0.25, 0.3) is 0 Å². The minimum Gasteiger partial charge on any atom is -0.448 e. The molecule has 1 fully saturated rings. The van der Waals surface area contributed by atoms with Crippen molar-refractivity contribution in [2.75, 3.05) is 26.5 Å². The minimum absolute atomic E-state index is 0.0191. The maximum Gasteiger partial charge on any atom is 0.410 e. The van der Waals surface area contributed by atoms with Gasteiger partial charge in [-0.25, -0.2) is 4.79 Å². The quantitative estimate of drug-likeness (QED) is 0.404. The summed E-state index contributed by atoms with van der Waals surface area (Å²) < 4.78 is 24.0. The van der Waals surface area contributed by atoms with E-state index in [1.165, 1.54) is 27.8 Å². The second-order valence-electron chi connectivity index (χ2n) is 9.00. The van der Waals surface area contributed by atoms with Crippen LogP contribution < -0.4 is 0 Å². The number of morpholine rings is 1. The highest BCUT2D eigenvalue weighted by atomic mass is 19.1. The first-order chi connectivity index (χ1) is 15.8. The molecule has 2 unspecified atom stereocenters. The molecule has 2 aromatic rings. The average Bonchev–Trinajstić information content (AvgIpc) is 3.13. The Morgan fingerprint density at radius 1 is 1.00 bits per heavy atom. The molecular formula is C27H30FNO3. The van der Waals surface area contributed by atoms with Gasteiger partial charge in [0.05, 0.1) is 32.0 Å². The number of fused-ring (bicyclic) bond motifs is 5. The fourth-order valence-corrected chi connectivity index (χ4v) is 5.45. The topological polar surface area (TPSA) is 38.8 Å². The Morgan fingerprint density at radius 3 is 2.41 bits per heavy atom. The monoisotopic (exact) mass is 435 g/mol. The predicted molar refractivity (Wildman–Crippen MR) is 122 cm³/mol. The van der Waals surface area contributed by atoms with Gasteiger partial charge >= 0.3 is 6.09 Å². The van der Waals surface area contributed by atoms with E-state index in [9.17, 15) is 9.18 Å². The molecule has 5 heteroatoms. The standard InChI is InChI=1S/C27H30FNO3/c28-13-7-1-2-8-19-14-20-16-31-17-21(15-19)29(20)27(30)32-18-26-24-11-5-3-9-22(24)23-10-4-6-12-25(23)26/h3-6,9-12,14,20-21,26H,1-2,7-8,13,15-18H2. The van der Waals surface area contributed by atoms with Crippen molar-refractivity contribution in [1.82, 2.24) is 4.90 Å². The van der Waals surface area contributed by atoms with Gasteiger partial charge in [0, 0.05) is 5.92 Å². The SMILES string of the molecule is O=C(OCC1c2ccccc2-c2ccccc21)N1C2C=C(CCCCCF)CC1COC2. The molecule has 1 amide bonds. The molecule has 2 aromatic carbocycles. The summed E-state index contributed by atoms with van der Waals surface area (Å²) in [5.41, 5.74) is 6.27. The van der Waals surface area contributed by atoms with Gasteiger partial charge in [0.15, 0.2) is 0 Å². The number of hydrogen-bond donors (Lipinski definition) is 0. The van der Waals surface area contributed by atoms with Crippen LogP contribution in [0.2, 0.25) is 0 Å². The number of ether oxygens (including phenoxy) is 2. The first-order valence-corrected chi connectivity index (χ1v) is 11.7. The van der Waals surface area contributed by atoms with Crippen molar-refractivity contribution in [3.63, 3.8) is 0 Å². The third kappa shape index (κ3) is 4.06. The van der Waals surface area contributed by atoms with Gasteiger partial charge in [-0.3, -0.25) is 9.29 Å². The number of benzene rings is 2. The van der Waals surface area contributed by atoms with E-state index in [-0.39, 0.29) is 30.8 Å². The summed E-state index contributed by atoms with van der Waals surface area (Å²) in [7, 11) is 0. The molecule has 0 aromatic heterocycles. The molecule has 5 rings (SSSR count). The number of halogens is 1. The van der Waals surface area contributed by atoms with Crippen LogP contribution in [0.4, 0.5) is 9.18 Å². The molecule has 2 bridgehead atoms. The highest BCUT2D eigenvalue weighted by Gasteiger charge is 2.39. The van der Waals surface area contributed by atoms with Crippen molar-refractivity contribution in [1.29, 1.82) is 0 Å². The van der Waals surface area contributed by atoms with Gasteiger partial charge in [-0.1, -0.05) is 66.6 Å². The van der Waals surface area contributed by atoms with E-state index in [1.54, 1.807) is 0 Å². The molecule has 2 heterocycles. The van der Waals surface area contributed by atoms with Crippen LogP contribution in [-0.2, 0) is 9.47 Å². The lowest BCUT2D eigenvalue weighted by atomic mass is 9.91. The number of unbranched alkanes of at least 4 members (excludes halogenated alkanes) is 2. The summed E-state index contributed by atoms with van der Waals surface area (Å²) in [6.07, 6.45) is 6.26. The second-order valence-corrected chi connectivity index (χ2v) is 9.00. The Morgan fingerprint density at radius 2 is 1.72 bits per heavy atom. The minimum atomic E-state index is -0.252. The number of carbonyl (C=O) groups excluding carboxylic acids is 1. The number of carbonyl (C=O) groups is 1. The van der Waals surface area contributed by atoms with E-state index in [4.69, 9.17) is 9.47 Å². The normalized spacial score (nSPS) is 21.7. The first-order valence-electron chi connectivity index (χ1n) is 11.7. The van der Waals surface area contributed by atoms with E-state index in [1.807, 2.05) is 17.0 Å². The average molecular weight is 436 g/mol. The Bertz CT molecular complexity index is 958. The number of hydrogen-bond acceptors (Lipinski definition) is 3. The Labute approximate surface area is 189 Å². The largest absolute Gasteiger partial charge is 0.448 e. The number of alkyl halides is 1. The zero-order valence-corrected chi connectivity index (χ0v) is 18.3. The molecule has 0 spiro atoms.